The van der Waals surface area contributed by atoms with Crippen LogP contribution in [0.4, 0.5) is 5.69 Å². The molecule has 2 N–H and O–H groups in total. The molecule has 0 saturated carbocycles. The van der Waals surface area contributed by atoms with Crippen LogP contribution in [0.2, 0.25) is 0 Å². The van der Waals surface area contributed by atoms with E-state index in [1.165, 1.54) is 0 Å². The van der Waals surface area contributed by atoms with Gasteiger partial charge in [-0.25, -0.2) is 0 Å². The van der Waals surface area contributed by atoms with Crippen LogP contribution in [-0.4, -0.2) is 18.0 Å². The van der Waals surface area contributed by atoms with Crippen molar-refractivity contribution in [3.63, 3.8) is 0 Å². The third kappa shape index (κ3) is 6.20. The van der Waals surface area contributed by atoms with E-state index in [2.05, 4.69) is 45.3 Å². The Morgan fingerprint density at radius 1 is 1.10 bits per heavy atom. The topological polar surface area (TPSA) is 41.1 Å². The number of hydrogen-bond donors (Lipinski definition) is 2. The molecule has 112 valence electrons. The van der Waals surface area contributed by atoms with Crippen molar-refractivity contribution in [2.24, 2.45) is 5.41 Å². The Morgan fingerprint density at radius 3 is 2.25 bits per heavy atom. The van der Waals surface area contributed by atoms with E-state index >= 15 is 0 Å². The fraction of sp³-hybridized carbons (Fsp3) is 0.588. The van der Waals surface area contributed by atoms with Gasteiger partial charge in [0.25, 0.3) is 0 Å². The fourth-order valence-electron chi connectivity index (χ4n) is 2.62. The van der Waals surface area contributed by atoms with E-state index in [1.807, 2.05) is 31.2 Å². The van der Waals surface area contributed by atoms with Crippen molar-refractivity contribution in [1.29, 1.82) is 0 Å². The zero-order chi connectivity index (χ0) is 15.4. The largest absolute Gasteiger partial charge is 0.325 e. The average molecular weight is 276 g/mol. The lowest BCUT2D eigenvalue weighted by Crippen LogP contribution is -2.45. The molecule has 0 aromatic heterocycles. The highest BCUT2D eigenvalue weighted by Gasteiger charge is 2.25. The van der Waals surface area contributed by atoms with Gasteiger partial charge in [-0.05, 0) is 44.2 Å². The summed E-state index contributed by atoms with van der Waals surface area (Å²) in [6, 6.07) is 7.81. The summed E-state index contributed by atoms with van der Waals surface area (Å²) in [6.45, 7) is 13.2. The summed E-state index contributed by atoms with van der Waals surface area (Å²) in [6.07, 6.45) is 1.01. The van der Waals surface area contributed by atoms with Crippen LogP contribution in [0.15, 0.2) is 24.3 Å². The van der Waals surface area contributed by atoms with Crippen molar-refractivity contribution in [3.8, 4) is 0 Å². The minimum Gasteiger partial charge on any atom is -0.325 e. The van der Waals surface area contributed by atoms with Crippen LogP contribution in [-0.2, 0) is 4.79 Å². The summed E-state index contributed by atoms with van der Waals surface area (Å²) in [7, 11) is 0. The Hall–Kier alpha value is -1.35. The highest BCUT2D eigenvalue weighted by molar-refractivity contribution is 5.92. The van der Waals surface area contributed by atoms with Gasteiger partial charge in [0.2, 0.25) is 5.91 Å². The number of aryl methyl sites for hydroxylation is 1. The second kappa shape index (κ2) is 6.40. The maximum Gasteiger partial charge on any atom is 0.238 e. The molecule has 0 heterocycles. The summed E-state index contributed by atoms with van der Waals surface area (Å²) >= 11 is 0. The molecule has 1 aromatic rings. The SMILES string of the molecule is Cc1ccccc1NC(=O)CNC(C)(C)CC(C)(C)C. The number of para-hydroxylation sites is 1. The number of carbonyl (C=O) groups excluding carboxylic acids is 1. The molecule has 1 amide bonds. The molecular formula is C17H28N2O. The highest BCUT2D eigenvalue weighted by atomic mass is 16.1. The first-order valence-corrected chi connectivity index (χ1v) is 7.20. The van der Waals surface area contributed by atoms with Crippen molar-refractivity contribution in [2.45, 2.75) is 53.5 Å². The maximum absolute atomic E-state index is 12.0. The molecule has 0 fully saturated rings. The molecule has 0 aliphatic carbocycles. The summed E-state index contributed by atoms with van der Waals surface area (Å²) in [4.78, 5) is 12.0. The Kier molecular flexibility index (Phi) is 5.35. The van der Waals surface area contributed by atoms with Gasteiger partial charge in [-0.3, -0.25) is 4.79 Å². The lowest BCUT2D eigenvalue weighted by molar-refractivity contribution is -0.115. The second-order valence-corrected chi connectivity index (χ2v) is 7.34. The normalized spacial score (nSPS) is 12.3. The minimum atomic E-state index is -0.0542. The Bertz CT molecular complexity index is 458. The van der Waals surface area contributed by atoms with E-state index in [0.717, 1.165) is 17.7 Å². The van der Waals surface area contributed by atoms with Crippen LogP contribution in [0, 0.1) is 12.3 Å². The number of amides is 1. The summed E-state index contributed by atoms with van der Waals surface area (Å²) in [5.74, 6) is 0.00119. The van der Waals surface area contributed by atoms with E-state index < -0.39 is 0 Å². The van der Waals surface area contributed by atoms with Crippen molar-refractivity contribution < 1.29 is 4.79 Å². The van der Waals surface area contributed by atoms with Crippen LogP contribution in [0.25, 0.3) is 0 Å². The van der Waals surface area contributed by atoms with E-state index in [4.69, 9.17) is 0 Å². The average Bonchev–Trinajstić information content (AvgIpc) is 2.27. The molecule has 1 rings (SSSR count). The van der Waals surface area contributed by atoms with E-state index in [-0.39, 0.29) is 16.9 Å². The molecule has 0 spiro atoms. The predicted molar refractivity (Wildman–Crippen MR) is 86.0 cm³/mol. The molecule has 0 aliphatic heterocycles. The van der Waals surface area contributed by atoms with Gasteiger partial charge in [-0.15, -0.1) is 0 Å². The van der Waals surface area contributed by atoms with Crippen LogP contribution in [0.5, 0.6) is 0 Å². The Balaban J connectivity index is 2.50. The predicted octanol–water partition coefficient (Wildman–Crippen LogP) is 3.74. The molecule has 0 unspecified atom stereocenters. The first-order chi connectivity index (χ1) is 9.09. The molecule has 20 heavy (non-hydrogen) atoms. The third-order valence-electron chi connectivity index (χ3n) is 3.12. The Morgan fingerprint density at radius 2 is 1.70 bits per heavy atom. The lowest BCUT2D eigenvalue weighted by atomic mass is 9.82. The van der Waals surface area contributed by atoms with Crippen molar-refractivity contribution in [3.05, 3.63) is 29.8 Å². The van der Waals surface area contributed by atoms with Gasteiger partial charge in [0, 0.05) is 11.2 Å². The van der Waals surface area contributed by atoms with Gasteiger partial charge < -0.3 is 10.6 Å². The molecular weight excluding hydrogens is 248 g/mol. The number of nitrogens with one attached hydrogen (secondary N) is 2. The molecule has 0 saturated heterocycles. The number of benzene rings is 1. The molecule has 1 aromatic carbocycles. The summed E-state index contributed by atoms with van der Waals surface area (Å²) in [5, 5.41) is 6.29. The van der Waals surface area contributed by atoms with Crippen molar-refractivity contribution >= 4 is 11.6 Å². The third-order valence-corrected chi connectivity index (χ3v) is 3.12. The zero-order valence-electron chi connectivity index (χ0n) is 13.6. The van der Waals surface area contributed by atoms with Gasteiger partial charge in [-0.2, -0.15) is 0 Å². The van der Waals surface area contributed by atoms with Crippen molar-refractivity contribution in [2.75, 3.05) is 11.9 Å². The molecule has 0 radical (unpaired) electrons. The van der Waals surface area contributed by atoms with Crippen LogP contribution in [0.3, 0.4) is 0 Å². The number of anilines is 1. The zero-order valence-corrected chi connectivity index (χ0v) is 13.6. The monoisotopic (exact) mass is 276 g/mol. The van der Waals surface area contributed by atoms with Gasteiger partial charge in [0.1, 0.15) is 0 Å². The summed E-state index contributed by atoms with van der Waals surface area (Å²) < 4.78 is 0. The number of rotatable bonds is 5. The molecule has 0 aliphatic rings. The quantitative estimate of drug-likeness (QED) is 0.860. The van der Waals surface area contributed by atoms with Gasteiger partial charge >= 0.3 is 0 Å². The molecule has 0 bridgehead atoms. The maximum atomic E-state index is 12.0. The van der Waals surface area contributed by atoms with E-state index in [1.54, 1.807) is 0 Å². The van der Waals surface area contributed by atoms with E-state index in [0.29, 0.717) is 6.54 Å². The fourth-order valence-corrected chi connectivity index (χ4v) is 2.62. The van der Waals surface area contributed by atoms with Gasteiger partial charge in [0.05, 0.1) is 6.54 Å². The van der Waals surface area contributed by atoms with Crippen molar-refractivity contribution in [1.82, 2.24) is 5.32 Å². The number of hydrogen-bond acceptors (Lipinski definition) is 2. The van der Waals surface area contributed by atoms with Crippen LogP contribution < -0.4 is 10.6 Å². The standard InChI is InChI=1S/C17H28N2O/c1-13-9-7-8-10-14(13)19-15(20)11-18-17(5,6)12-16(2,3)4/h7-10,18H,11-12H2,1-6H3,(H,19,20). The summed E-state index contributed by atoms with van der Waals surface area (Å²) in [5.41, 5.74) is 2.15. The minimum absolute atomic E-state index is 0.00119. The van der Waals surface area contributed by atoms with Crippen LogP contribution >= 0.6 is 0 Å². The molecule has 0 atom stereocenters. The second-order valence-electron chi connectivity index (χ2n) is 7.34. The lowest BCUT2D eigenvalue weighted by Gasteiger charge is -2.33. The molecule has 3 nitrogen and oxygen atoms in total. The smallest absolute Gasteiger partial charge is 0.238 e. The van der Waals surface area contributed by atoms with Gasteiger partial charge in [0.15, 0.2) is 0 Å². The van der Waals surface area contributed by atoms with Crippen LogP contribution in [0.1, 0.15) is 46.6 Å². The van der Waals surface area contributed by atoms with E-state index in [9.17, 15) is 4.79 Å². The van der Waals surface area contributed by atoms with Gasteiger partial charge in [-0.1, -0.05) is 39.0 Å². The molecule has 3 heteroatoms. The Labute approximate surface area is 123 Å². The first kappa shape index (κ1) is 16.7. The highest BCUT2D eigenvalue weighted by Crippen LogP contribution is 2.26. The first-order valence-electron chi connectivity index (χ1n) is 7.20. The number of carbonyl (C=O) groups is 1.